The second-order valence-corrected chi connectivity index (χ2v) is 7.50. The minimum Gasteiger partial charge on any atom is -0.337 e. The van der Waals surface area contributed by atoms with Crippen LogP contribution in [0, 0.1) is 17.6 Å². The summed E-state index contributed by atoms with van der Waals surface area (Å²) in [5.41, 5.74) is 2.79. The topological polar surface area (TPSA) is 35.6 Å². The van der Waals surface area contributed by atoms with Crippen molar-refractivity contribution in [1.29, 1.82) is 0 Å². The molecule has 0 spiro atoms. The molecule has 2 aromatic carbocycles. The summed E-state index contributed by atoms with van der Waals surface area (Å²) < 4.78 is 32.7. The predicted molar refractivity (Wildman–Crippen MR) is 110 cm³/mol. The van der Waals surface area contributed by atoms with Gasteiger partial charge in [-0.2, -0.15) is 0 Å². The molecule has 0 amide bonds. The van der Waals surface area contributed by atoms with Crippen LogP contribution in [0.15, 0.2) is 61.1 Å². The van der Waals surface area contributed by atoms with Gasteiger partial charge >= 0.3 is 0 Å². The van der Waals surface area contributed by atoms with Gasteiger partial charge in [0.1, 0.15) is 23.2 Å². The van der Waals surface area contributed by atoms with Crippen molar-refractivity contribution in [3.63, 3.8) is 0 Å². The lowest BCUT2D eigenvalue weighted by Crippen LogP contribution is -2.01. The van der Waals surface area contributed by atoms with Gasteiger partial charge in [0.05, 0.1) is 23.3 Å². The van der Waals surface area contributed by atoms with Crippen molar-refractivity contribution in [2.75, 3.05) is 0 Å². The summed E-state index contributed by atoms with van der Waals surface area (Å²) in [6.07, 6.45) is 3.73. The number of hydrogen-bond acceptors (Lipinski definition) is 2. The third-order valence-corrected chi connectivity index (χ3v) is 4.78. The van der Waals surface area contributed by atoms with Gasteiger partial charge in [-0.3, -0.25) is 0 Å². The van der Waals surface area contributed by atoms with Crippen LogP contribution in [-0.4, -0.2) is 19.1 Å². The molecule has 0 atom stereocenters. The summed E-state index contributed by atoms with van der Waals surface area (Å²) in [4.78, 5) is 9.21. The van der Waals surface area contributed by atoms with Crippen molar-refractivity contribution < 1.29 is 8.78 Å². The Kier molecular flexibility index (Phi) is 5.01. The van der Waals surface area contributed by atoms with Gasteiger partial charge in [0.15, 0.2) is 0 Å². The number of benzene rings is 2. The summed E-state index contributed by atoms with van der Waals surface area (Å²) in [7, 11) is 1.76. The van der Waals surface area contributed by atoms with Gasteiger partial charge in [0.2, 0.25) is 0 Å². The van der Waals surface area contributed by atoms with E-state index in [-0.39, 0.29) is 11.4 Å². The Bertz CT molecular complexity index is 1120. The molecule has 0 aliphatic heterocycles. The van der Waals surface area contributed by atoms with Crippen LogP contribution in [0.2, 0.25) is 0 Å². The van der Waals surface area contributed by atoms with Crippen LogP contribution in [0.5, 0.6) is 0 Å². The van der Waals surface area contributed by atoms with Crippen molar-refractivity contribution >= 4 is 0 Å². The van der Waals surface area contributed by atoms with Crippen molar-refractivity contribution in [2.24, 2.45) is 13.0 Å². The first-order valence-corrected chi connectivity index (χ1v) is 9.54. The average Bonchev–Trinajstić information content (AvgIpc) is 3.26. The minimum atomic E-state index is -0.644. The molecule has 0 unspecified atom stereocenters. The van der Waals surface area contributed by atoms with E-state index < -0.39 is 11.6 Å². The summed E-state index contributed by atoms with van der Waals surface area (Å²) >= 11 is 0. The van der Waals surface area contributed by atoms with E-state index in [1.807, 2.05) is 41.1 Å². The molecule has 0 fully saturated rings. The second kappa shape index (κ2) is 7.62. The molecule has 6 heteroatoms. The van der Waals surface area contributed by atoms with Gasteiger partial charge in [-0.25, -0.2) is 18.7 Å². The molecule has 0 radical (unpaired) electrons. The quantitative estimate of drug-likeness (QED) is 0.446. The maximum atomic E-state index is 14.5. The van der Waals surface area contributed by atoms with Gasteiger partial charge in [0.25, 0.3) is 0 Å². The third-order valence-electron chi connectivity index (χ3n) is 4.78. The minimum absolute atomic E-state index is 0.139. The lowest BCUT2D eigenvalue weighted by Gasteiger charge is -2.07. The van der Waals surface area contributed by atoms with Gasteiger partial charge in [-0.1, -0.05) is 50.2 Å². The smallest absolute Gasteiger partial charge is 0.146 e. The Morgan fingerprint density at radius 3 is 2.31 bits per heavy atom. The van der Waals surface area contributed by atoms with E-state index >= 15 is 0 Å². The van der Waals surface area contributed by atoms with E-state index in [4.69, 9.17) is 0 Å². The molecule has 0 aliphatic rings. The zero-order valence-electron chi connectivity index (χ0n) is 16.6. The summed E-state index contributed by atoms with van der Waals surface area (Å²) in [6, 6.07) is 13.4. The Morgan fingerprint density at radius 1 is 0.966 bits per heavy atom. The van der Waals surface area contributed by atoms with Crippen LogP contribution < -0.4 is 0 Å². The van der Waals surface area contributed by atoms with Crippen LogP contribution in [0.1, 0.15) is 13.8 Å². The number of halogens is 2. The molecule has 29 heavy (non-hydrogen) atoms. The number of imidazole rings is 2. The fraction of sp³-hybridized carbons (Fsp3) is 0.217. The number of nitrogens with zero attached hydrogens (tertiary/aromatic N) is 4. The van der Waals surface area contributed by atoms with Gasteiger partial charge < -0.3 is 9.13 Å². The highest BCUT2D eigenvalue weighted by Gasteiger charge is 2.24. The van der Waals surface area contributed by atoms with Crippen LogP contribution in [0.3, 0.4) is 0 Å². The first-order chi connectivity index (χ1) is 14.0. The largest absolute Gasteiger partial charge is 0.337 e. The molecule has 4 nitrogen and oxygen atoms in total. The SMILES string of the molecule is CC(C)Cn1cnc(-c2c(-c3ccccc3)nc(-c3c(F)cccc3F)n2C)c1. The van der Waals surface area contributed by atoms with E-state index in [0.717, 1.165) is 17.8 Å². The van der Waals surface area contributed by atoms with E-state index in [1.165, 1.54) is 18.2 Å². The van der Waals surface area contributed by atoms with Crippen LogP contribution in [0.25, 0.3) is 34.0 Å². The standard InChI is InChI=1S/C23H22F2N4/c1-15(2)12-29-13-19(26-14-29)22-21(16-8-5-4-6-9-16)27-23(28(22)3)20-17(24)10-7-11-18(20)25/h4-11,13-15H,12H2,1-3H3. The lowest BCUT2D eigenvalue weighted by molar-refractivity contribution is 0.523. The fourth-order valence-corrected chi connectivity index (χ4v) is 3.53. The van der Waals surface area contributed by atoms with Crippen LogP contribution in [-0.2, 0) is 13.6 Å². The summed E-state index contributed by atoms with van der Waals surface area (Å²) in [5, 5.41) is 0. The fourth-order valence-electron chi connectivity index (χ4n) is 3.53. The highest BCUT2D eigenvalue weighted by molar-refractivity contribution is 5.80. The normalized spacial score (nSPS) is 11.4. The van der Waals surface area contributed by atoms with Crippen molar-refractivity contribution in [3.8, 4) is 34.0 Å². The Balaban J connectivity index is 1.94. The Labute approximate surface area is 168 Å². The maximum absolute atomic E-state index is 14.5. The molecular weight excluding hydrogens is 370 g/mol. The molecular formula is C23H22F2N4. The number of rotatable bonds is 5. The molecule has 0 N–H and O–H groups in total. The molecule has 2 aromatic heterocycles. The maximum Gasteiger partial charge on any atom is 0.146 e. The first-order valence-electron chi connectivity index (χ1n) is 9.54. The van der Waals surface area contributed by atoms with Crippen molar-refractivity contribution in [3.05, 3.63) is 72.7 Å². The molecule has 148 valence electrons. The van der Waals surface area contributed by atoms with E-state index in [1.54, 1.807) is 17.9 Å². The predicted octanol–water partition coefficient (Wildman–Crippen LogP) is 5.55. The highest BCUT2D eigenvalue weighted by atomic mass is 19.1. The number of hydrogen-bond donors (Lipinski definition) is 0. The zero-order valence-corrected chi connectivity index (χ0v) is 16.6. The lowest BCUT2D eigenvalue weighted by atomic mass is 10.1. The van der Waals surface area contributed by atoms with E-state index in [9.17, 15) is 8.78 Å². The van der Waals surface area contributed by atoms with Crippen LogP contribution >= 0.6 is 0 Å². The first kappa shape index (κ1) is 19.1. The van der Waals surface area contributed by atoms with E-state index in [2.05, 4.69) is 23.8 Å². The third kappa shape index (κ3) is 3.58. The number of aromatic nitrogens is 4. The summed E-state index contributed by atoms with van der Waals surface area (Å²) in [5.74, 6) is -0.586. The molecule has 0 bridgehead atoms. The molecule has 0 saturated carbocycles. The second-order valence-electron chi connectivity index (χ2n) is 7.50. The highest BCUT2D eigenvalue weighted by Crippen LogP contribution is 2.36. The molecule has 0 aliphatic carbocycles. The van der Waals surface area contributed by atoms with Crippen molar-refractivity contribution in [2.45, 2.75) is 20.4 Å². The summed E-state index contributed by atoms with van der Waals surface area (Å²) in [6.45, 7) is 5.11. The van der Waals surface area contributed by atoms with Gasteiger partial charge in [-0.05, 0) is 18.1 Å². The Morgan fingerprint density at radius 2 is 1.66 bits per heavy atom. The van der Waals surface area contributed by atoms with Crippen molar-refractivity contribution in [1.82, 2.24) is 19.1 Å². The molecule has 4 rings (SSSR count). The zero-order chi connectivity index (χ0) is 20.5. The van der Waals surface area contributed by atoms with Crippen LogP contribution in [0.4, 0.5) is 8.78 Å². The molecule has 2 heterocycles. The van der Waals surface area contributed by atoms with Gasteiger partial charge in [0, 0.05) is 25.4 Å². The van der Waals surface area contributed by atoms with Gasteiger partial charge in [-0.15, -0.1) is 0 Å². The average molecular weight is 392 g/mol. The molecule has 0 saturated heterocycles. The van der Waals surface area contributed by atoms with E-state index in [0.29, 0.717) is 17.3 Å². The Hall–Kier alpha value is -3.28. The monoisotopic (exact) mass is 392 g/mol. The molecule has 4 aromatic rings.